The number of hydrogen-bond donors (Lipinski definition) is 1. The maximum Gasteiger partial charge on any atom is 0.271 e. The highest BCUT2D eigenvalue weighted by atomic mass is 19.1. The summed E-state index contributed by atoms with van der Waals surface area (Å²) < 4.78 is 23.8. The Balaban J connectivity index is 1.67. The zero-order valence-corrected chi connectivity index (χ0v) is 17.2. The Morgan fingerprint density at radius 3 is 2.16 bits per heavy atom. The first kappa shape index (κ1) is 22.4. The van der Waals surface area contributed by atoms with E-state index in [0.29, 0.717) is 16.9 Å². The number of non-ortho nitro benzene ring substituents is 1. The van der Waals surface area contributed by atoms with Gasteiger partial charge in [0.2, 0.25) is 0 Å². The molecule has 0 heterocycles. The van der Waals surface area contributed by atoms with Gasteiger partial charge in [0.15, 0.2) is 11.9 Å². The molecule has 0 spiro atoms. The van der Waals surface area contributed by atoms with E-state index in [-0.39, 0.29) is 22.9 Å². The lowest BCUT2D eigenvalue weighted by atomic mass is 10.0. The zero-order valence-electron chi connectivity index (χ0n) is 17.2. The lowest BCUT2D eigenvalue weighted by Crippen LogP contribution is -2.30. The molecular formula is C23H19FN2O6. The van der Waals surface area contributed by atoms with E-state index >= 15 is 0 Å². The Bertz CT molecular complexity index is 1150. The molecule has 3 aromatic rings. The molecule has 1 N–H and O–H groups in total. The summed E-state index contributed by atoms with van der Waals surface area (Å²) in [4.78, 5) is 35.4. The summed E-state index contributed by atoms with van der Waals surface area (Å²) in [5.74, 6) is -0.648. The smallest absolute Gasteiger partial charge is 0.271 e. The highest BCUT2D eigenvalue weighted by molar-refractivity contribution is 6.09. The van der Waals surface area contributed by atoms with Gasteiger partial charge in [-0.2, -0.15) is 0 Å². The second kappa shape index (κ2) is 9.69. The van der Waals surface area contributed by atoms with Crippen molar-refractivity contribution < 1.29 is 28.4 Å². The summed E-state index contributed by atoms with van der Waals surface area (Å²) in [5.41, 5.74) is 0.666. The Morgan fingerprint density at radius 2 is 1.59 bits per heavy atom. The van der Waals surface area contributed by atoms with Crippen LogP contribution in [0.1, 0.15) is 22.8 Å². The van der Waals surface area contributed by atoms with Crippen LogP contribution in [0.15, 0.2) is 66.7 Å². The maximum atomic E-state index is 13.0. The van der Waals surface area contributed by atoms with Crippen LogP contribution in [0.2, 0.25) is 0 Å². The fraction of sp³-hybridized carbons (Fsp3) is 0.130. The maximum absolute atomic E-state index is 13.0. The van der Waals surface area contributed by atoms with Crippen LogP contribution in [0, 0.1) is 15.9 Å². The molecule has 164 valence electrons. The van der Waals surface area contributed by atoms with Crippen molar-refractivity contribution in [3.05, 3.63) is 93.8 Å². The largest absolute Gasteiger partial charge is 0.495 e. The van der Waals surface area contributed by atoms with Gasteiger partial charge in [0.1, 0.15) is 17.3 Å². The summed E-state index contributed by atoms with van der Waals surface area (Å²) in [6.45, 7) is 1.51. The van der Waals surface area contributed by atoms with Gasteiger partial charge >= 0.3 is 0 Å². The van der Waals surface area contributed by atoms with Crippen molar-refractivity contribution in [3.8, 4) is 11.5 Å². The fourth-order valence-corrected chi connectivity index (χ4v) is 2.85. The van der Waals surface area contributed by atoms with Crippen molar-refractivity contribution in [2.45, 2.75) is 13.0 Å². The van der Waals surface area contributed by atoms with Crippen LogP contribution in [0.5, 0.6) is 11.5 Å². The molecular weight excluding hydrogens is 419 g/mol. The van der Waals surface area contributed by atoms with E-state index in [1.165, 1.54) is 80.8 Å². The van der Waals surface area contributed by atoms with Gasteiger partial charge in [0.25, 0.3) is 11.6 Å². The van der Waals surface area contributed by atoms with Gasteiger partial charge in [-0.3, -0.25) is 19.7 Å². The second-order valence-electron chi connectivity index (χ2n) is 6.75. The van der Waals surface area contributed by atoms with Crippen LogP contribution >= 0.6 is 0 Å². The molecule has 0 radical (unpaired) electrons. The second-order valence-corrected chi connectivity index (χ2v) is 6.75. The normalized spacial score (nSPS) is 11.3. The lowest BCUT2D eigenvalue weighted by Gasteiger charge is -2.16. The van der Waals surface area contributed by atoms with Gasteiger partial charge in [-0.05, 0) is 61.5 Å². The van der Waals surface area contributed by atoms with Gasteiger partial charge in [-0.25, -0.2) is 4.39 Å². The van der Waals surface area contributed by atoms with Crippen molar-refractivity contribution >= 4 is 23.1 Å². The summed E-state index contributed by atoms with van der Waals surface area (Å²) in [6, 6.07) is 15.2. The molecule has 0 saturated carbocycles. The number of hydrogen-bond acceptors (Lipinski definition) is 6. The summed E-state index contributed by atoms with van der Waals surface area (Å²) in [6.07, 6.45) is -0.947. The Labute approximate surface area is 182 Å². The van der Waals surface area contributed by atoms with E-state index < -0.39 is 22.8 Å². The average Bonchev–Trinajstić information content (AvgIpc) is 2.79. The third-order valence-electron chi connectivity index (χ3n) is 4.56. The molecule has 0 aromatic heterocycles. The Morgan fingerprint density at radius 1 is 1.00 bits per heavy atom. The standard InChI is InChI=1S/C23H19FN2O6/c1-14(23(28)25-20-13-18(26(29)30)9-12-21(20)31-2)32-19-10-5-16(6-11-19)22(27)15-3-7-17(24)8-4-15/h3-14H,1-2H3,(H,25,28). The van der Waals surface area contributed by atoms with Crippen molar-refractivity contribution in [2.75, 3.05) is 12.4 Å². The SMILES string of the molecule is COc1ccc([N+](=O)[O-])cc1NC(=O)C(C)Oc1ccc(C(=O)c2ccc(F)cc2)cc1. The zero-order chi connectivity index (χ0) is 23.3. The van der Waals surface area contributed by atoms with Crippen LogP contribution in [-0.4, -0.2) is 29.8 Å². The van der Waals surface area contributed by atoms with E-state index in [2.05, 4.69) is 5.32 Å². The summed E-state index contributed by atoms with van der Waals surface area (Å²) in [5, 5.41) is 13.5. The minimum Gasteiger partial charge on any atom is -0.495 e. The van der Waals surface area contributed by atoms with Crippen molar-refractivity contribution in [2.24, 2.45) is 0 Å². The number of rotatable bonds is 8. The number of nitro benzene ring substituents is 1. The number of nitro groups is 1. The number of amides is 1. The van der Waals surface area contributed by atoms with Crippen LogP contribution in [0.3, 0.4) is 0 Å². The quantitative estimate of drug-likeness (QED) is 0.318. The number of ketones is 1. The molecule has 0 fully saturated rings. The van der Waals surface area contributed by atoms with Crippen molar-refractivity contribution in [3.63, 3.8) is 0 Å². The molecule has 1 atom stereocenters. The number of nitrogens with one attached hydrogen (secondary N) is 1. The number of benzene rings is 3. The van der Waals surface area contributed by atoms with Crippen LogP contribution in [-0.2, 0) is 4.79 Å². The molecule has 0 saturated heterocycles. The van der Waals surface area contributed by atoms with Gasteiger partial charge < -0.3 is 14.8 Å². The first-order valence-corrected chi connectivity index (χ1v) is 9.48. The minimum atomic E-state index is -0.947. The number of carbonyl (C=O) groups is 2. The molecule has 1 amide bonds. The van der Waals surface area contributed by atoms with Gasteiger partial charge in [-0.15, -0.1) is 0 Å². The van der Waals surface area contributed by atoms with E-state index in [1.807, 2.05) is 0 Å². The fourth-order valence-electron chi connectivity index (χ4n) is 2.85. The summed E-state index contributed by atoms with van der Waals surface area (Å²) in [7, 11) is 1.38. The number of carbonyl (C=O) groups excluding carboxylic acids is 2. The van der Waals surface area contributed by atoms with Gasteiger partial charge in [-0.1, -0.05) is 0 Å². The van der Waals surface area contributed by atoms with Crippen molar-refractivity contribution in [1.29, 1.82) is 0 Å². The number of anilines is 1. The molecule has 0 bridgehead atoms. The molecule has 8 nitrogen and oxygen atoms in total. The first-order valence-electron chi connectivity index (χ1n) is 9.48. The Hall–Kier alpha value is -4.27. The Kier molecular flexibility index (Phi) is 6.79. The van der Waals surface area contributed by atoms with E-state index in [0.717, 1.165) is 0 Å². The molecule has 9 heteroatoms. The van der Waals surface area contributed by atoms with Crippen LogP contribution in [0.25, 0.3) is 0 Å². The number of methoxy groups -OCH3 is 1. The molecule has 1 unspecified atom stereocenters. The summed E-state index contributed by atoms with van der Waals surface area (Å²) >= 11 is 0. The molecule has 0 aliphatic heterocycles. The van der Waals surface area contributed by atoms with E-state index in [4.69, 9.17) is 9.47 Å². The monoisotopic (exact) mass is 438 g/mol. The molecule has 0 aliphatic carbocycles. The molecule has 3 aromatic carbocycles. The number of nitrogens with zero attached hydrogens (tertiary/aromatic N) is 1. The van der Waals surface area contributed by atoms with Crippen LogP contribution < -0.4 is 14.8 Å². The molecule has 0 aliphatic rings. The highest BCUT2D eigenvalue weighted by Crippen LogP contribution is 2.29. The van der Waals surface area contributed by atoms with Gasteiger partial charge in [0, 0.05) is 23.3 Å². The van der Waals surface area contributed by atoms with E-state index in [9.17, 15) is 24.1 Å². The topological polar surface area (TPSA) is 108 Å². The average molecular weight is 438 g/mol. The first-order chi connectivity index (χ1) is 15.3. The number of halogens is 1. The van der Waals surface area contributed by atoms with Gasteiger partial charge in [0.05, 0.1) is 17.7 Å². The third kappa shape index (κ3) is 5.25. The minimum absolute atomic E-state index is 0.141. The van der Waals surface area contributed by atoms with E-state index in [1.54, 1.807) is 0 Å². The van der Waals surface area contributed by atoms with Crippen LogP contribution in [0.4, 0.5) is 15.8 Å². The predicted molar refractivity (Wildman–Crippen MR) is 115 cm³/mol. The molecule has 32 heavy (non-hydrogen) atoms. The predicted octanol–water partition coefficient (Wildman–Crippen LogP) is 4.38. The lowest BCUT2D eigenvalue weighted by molar-refractivity contribution is -0.384. The number of ether oxygens (including phenoxy) is 2. The van der Waals surface area contributed by atoms with Crippen molar-refractivity contribution in [1.82, 2.24) is 0 Å². The molecule has 3 rings (SSSR count). The highest BCUT2D eigenvalue weighted by Gasteiger charge is 2.19. The third-order valence-corrected chi connectivity index (χ3v) is 4.56.